The molecule has 0 saturated heterocycles. The van der Waals surface area contributed by atoms with Gasteiger partial charge in [0.1, 0.15) is 0 Å². The molecule has 0 saturated carbocycles. The van der Waals surface area contributed by atoms with Gasteiger partial charge in [-0.2, -0.15) is 0 Å². The Bertz CT molecular complexity index is 745. The summed E-state index contributed by atoms with van der Waals surface area (Å²) in [5.74, 6) is 0.118. The lowest BCUT2D eigenvalue weighted by Gasteiger charge is -2.04. The number of aromatic hydroxyl groups is 1. The van der Waals surface area contributed by atoms with Crippen LogP contribution in [-0.2, 0) is 0 Å². The fourth-order valence-corrected chi connectivity index (χ4v) is 2.89. The van der Waals surface area contributed by atoms with E-state index in [1.165, 1.54) is 11.3 Å². The Labute approximate surface area is 114 Å². The van der Waals surface area contributed by atoms with E-state index in [9.17, 15) is 5.11 Å². The Hall–Kier alpha value is -2.33. The molecule has 0 unspecified atom stereocenters. The minimum atomic E-state index is 0.118. The Morgan fingerprint density at radius 3 is 2.11 bits per heavy atom. The Morgan fingerprint density at radius 1 is 0.895 bits per heavy atom. The molecule has 19 heavy (non-hydrogen) atoms. The van der Waals surface area contributed by atoms with Crippen LogP contribution in [0.15, 0.2) is 60.7 Å². The summed E-state index contributed by atoms with van der Waals surface area (Å²) in [5.41, 5.74) is 1.72. The Morgan fingerprint density at radius 2 is 1.47 bits per heavy atom. The second-order valence-corrected chi connectivity index (χ2v) is 5.10. The van der Waals surface area contributed by atoms with E-state index < -0.39 is 0 Å². The van der Waals surface area contributed by atoms with Gasteiger partial charge in [-0.05, 0) is 17.7 Å². The highest BCUT2D eigenvalue weighted by molar-refractivity contribution is 7.13. The monoisotopic (exact) mass is 268 g/mol. The van der Waals surface area contributed by atoms with Crippen molar-refractivity contribution in [3.63, 3.8) is 0 Å². The summed E-state index contributed by atoms with van der Waals surface area (Å²) in [5, 5.41) is 18.4. The molecule has 0 aliphatic carbocycles. The number of aromatic nitrogens is 1. The molecular formula is C15H12N2OS. The fraction of sp³-hybridized carbons (Fsp3) is 0. The molecule has 0 aliphatic heterocycles. The van der Waals surface area contributed by atoms with Crippen LogP contribution in [0.2, 0.25) is 0 Å². The third-order valence-corrected chi connectivity index (χ3v) is 3.87. The maximum Gasteiger partial charge on any atom is 0.216 e. The number of benzene rings is 2. The summed E-state index contributed by atoms with van der Waals surface area (Å²) in [4.78, 5) is 1.03. The lowest BCUT2D eigenvalue weighted by molar-refractivity contribution is 0.441. The van der Waals surface area contributed by atoms with Gasteiger partial charge in [-0.1, -0.05) is 59.9 Å². The van der Waals surface area contributed by atoms with E-state index in [0.29, 0.717) is 4.80 Å². The highest BCUT2D eigenvalue weighted by atomic mass is 32.1. The van der Waals surface area contributed by atoms with Gasteiger partial charge < -0.3 is 5.11 Å². The summed E-state index contributed by atoms with van der Waals surface area (Å²) < 4.78 is 1.55. The smallest absolute Gasteiger partial charge is 0.216 e. The minimum Gasteiger partial charge on any atom is -0.493 e. The van der Waals surface area contributed by atoms with Gasteiger partial charge in [0.05, 0.1) is 10.6 Å². The summed E-state index contributed by atoms with van der Waals surface area (Å²) in [6.07, 6.45) is 0. The summed E-state index contributed by atoms with van der Waals surface area (Å²) in [7, 11) is 0. The molecule has 3 aromatic rings. The van der Waals surface area contributed by atoms with Crippen LogP contribution in [0, 0.1) is 5.41 Å². The molecule has 3 rings (SSSR count). The third kappa shape index (κ3) is 2.06. The van der Waals surface area contributed by atoms with E-state index in [2.05, 4.69) is 0 Å². The van der Waals surface area contributed by atoms with Gasteiger partial charge in [-0.15, -0.1) is 0 Å². The van der Waals surface area contributed by atoms with Crippen molar-refractivity contribution in [2.24, 2.45) is 0 Å². The second kappa shape index (κ2) is 4.74. The number of thiazole rings is 1. The number of nitrogens with zero attached hydrogens (tertiary/aromatic N) is 1. The van der Waals surface area contributed by atoms with Crippen molar-refractivity contribution in [1.29, 1.82) is 5.41 Å². The number of nitrogens with one attached hydrogen (secondary N) is 1. The topological polar surface area (TPSA) is 49.0 Å². The van der Waals surface area contributed by atoms with Crippen molar-refractivity contribution in [3.8, 4) is 22.0 Å². The zero-order valence-electron chi connectivity index (χ0n) is 10.1. The quantitative estimate of drug-likeness (QED) is 0.735. The molecule has 4 heteroatoms. The first-order valence-corrected chi connectivity index (χ1v) is 6.69. The highest BCUT2D eigenvalue weighted by Gasteiger charge is 2.14. The average molecular weight is 268 g/mol. The van der Waals surface area contributed by atoms with Crippen molar-refractivity contribution in [3.05, 3.63) is 65.5 Å². The first-order valence-electron chi connectivity index (χ1n) is 5.87. The van der Waals surface area contributed by atoms with Crippen LogP contribution in [0.1, 0.15) is 0 Å². The molecule has 0 bridgehead atoms. The van der Waals surface area contributed by atoms with Gasteiger partial charge in [-0.25, -0.2) is 0 Å². The maximum atomic E-state index is 10.4. The van der Waals surface area contributed by atoms with E-state index in [1.807, 2.05) is 60.7 Å². The molecule has 2 N–H and O–H groups in total. The molecule has 0 aliphatic rings. The van der Waals surface area contributed by atoms with E-state index >= 15 is 0 Å². The van der Waals surface area contributed by atoms with Gasteiger partial charge in [-0.3, -0.25) is 9.98 Å². The van der Waals surface area contributed by atoms with Gasteiger partial charge in [0, 0.05) is 0 Å². The zero-order chi connectivity index (χ0) is 13.2. The average Bonchev–Trinajstić information content (AvgIpc) is 2.76. The predicted octanol–water partition coefficient (Wildman–Crippen LogP) is 3.39. The number of hydrogen-bond donors (Lipinski definition) is 2. The van der Waals surface area contributed by atoms with E-state index in [4.69, 9.17) is 5.41 Å². The number of hydrogen-bond acceptors (Lipinski definition) is 3. The SMILES string of the molecule is N=c1sc(-c2ccccc2)c(O)n1-c1ccccc1. The van der Waals surface area contributed by atoms with Crippen molar-refractivity contribution in [1.82, 2.24) is 4.57 Å². The number of rotatable bonds is 2. The van der Waals surface area contributed by atoms with Crippen molar-refractivity contribution in [2.45, 2.75) is 0 Å². The normalized spacial score (nSPS) is 10.5. The molecule has 0 amide bonds. The van der Waals surface area contributed by atoms with Crippen molar-refractivity contribution in [2.75, 3.05) is 0 Å². The molecular weight excluding hydrogens is 256 g/mol. The molecule has 2 aromatic carbocycles. The van der Waals surface area contributed by atoms with Crippen LogP contribution in [0.4, 0.5) is 0 Å². The second-order valence-electron chi connectivity index (χ2n) is 4.10. The summed E-state index contributed by atoms with van der Waals surface area (Å²) in [6, 6.07) is 19.1. The van der Waals surface area contributed by atoms with Crippen molar-refractivity contribution >= 4 is 11.3 Å². The van der Waals surface area contributed by atoms with Crippen LogP contribution in [-0.4, -0.2) is 9.67 Å². The molecule has 1 heterocycles. The fourth-order valence-electron chi connectivity index (χ4n) is 1.98. The van der Waals surface area contributed by atoms with Crippen molar-refractivity contribution < 1.29 is 5.11 Å². The van der Waals surface area contributed by atoms with Gasteiger partial charge in [0.25, 0.3) is 0 Å². The molecule has 0 atom stereocenters. The lowest BCUT2D eigenvalue weighted by atomic mass is 10.2. The van der Waals surface area contributed by atoms with E-state index in [0.717, 1.165) is 16.1 Å². The van der Waals surface area contributed by atoms with Gasteiger partial charge in [0.2, 0.25) is 5.88 Å². The molecule has 3 nitrogen and oxygen atoms in total. The third-order valence-electron chi connectivity index (χ3n) is 2.87. The lowest BCUT2D eigenvalue weighted by Crippen LogP contribution is -2.09. The molecule has 94 valence electrons. The van der Waals surface area contributed by atoms with Crippen LogP contribution in [0.3, 0.4) is 0 Å². The zero-order valence-corrected chi connectivity index (χ0v) is 10.9. The molecule has 1 aromatic heterocycles. The molecule has 0 fully saturated rings. The van der Waals surface area contributed by atoms with Crippen LogP contribution in [0.5, 0.6) is 5.88 Å². The number of para-hydroxylation sites is 1. The first kappa shape index (κ1) is 11.7. The Balaban J connectivity index is 2.20. The Kier molecular flexibility index (Phi) is 2.93. The van der Waals surface area contributed by atoms with Crippen LogP contribution in [0.25, 0.3) is 16.1 Å². The highest BCUT2D eigenvalue weighted by Crippen LogP contribution is 2.33. The largest absolute Gasteiger partial charge is 0.493 e. The summed E-state index contributed by atoms with van der Waals surface area (Å²) in [6.45, 7) is 0. The molecule has 0 spiro atoms. The maximum absolute atomic E-state index is 10.4. The standard InChI is InChI=1S/C15H12N2OS/c16-15-17(12-9-5-2-6-10-12)14(18)13(19-15)11-7-3-1-4-8-11/h1-10,16,18H. The van der Waals surface area contributed by atoms with Gasteiger partial charge >= 0.3 is 0 Å². The first-order chi connectivity index (χ1) is 9.27. The minimum absolute atomic E-state index is 0.118. The van der Waals surface area contributed by atoms with Crippen LogP contribution >= 0.6 is 11.3 Å². The van der Waals surface area contributed by atoms with E-state index in [1.54, 1.807) is 4.57 Å². The molecule has 0 radical (unpaired) electrons. The van der Waals surface area contributed by atoms with Crippen LogP contribution < -0.4 is 4.80 Å². The predicted molar refractivity (Wildman–Crippen MR) is 76.6 cm³/mol. The summed E-state index contributed by atoms with van der Waals surface area (Å²) >= 11 is 1.27. The van der Waals surface area contributed by atoms with Gasteiger partial charge in [0.15, 0.2) is 4.80 Å². The van der Waals surface area contributed by atoms with E-state index in [-0.39, 0.29) is 5.88 Å².